The van der Waals surface area contributed by atoms with Crippen LogP contribution in [0.2, 0.25) is 0 Å². The Balaban J connectivity index is 1.16. The van der Waals surface area contributed by atoms with Crippen LogP contribution >= 0.6 is 11.3 Å². The van der Waals surface area contributed by atoms with Gasteiger partial charge in [0.25, 0.3) is 0 Å². The van der Waals surface area contributed by atoms with E-state index in [4.69, 9.17) is 16.4 Å². The quantitative estimate of drug-likeness (QED) is 0.165. The molecule has 0 amide bonds. The lowest BCUT2D eigenvalue weighted by molar-refractivity contribution is 1.18. The second kappa shape index (κ2) is 12.7. The average molecular weight is 766 g/mol. The van der Waals surface area contributed by atoms with E-state index >= 15 is 0 Å². The first kappa shape index (κ1) is 16.9. The van der Waals surface area contributed by atoms with Crippen molar-refractivity contribution in [3.8, 4) is 44.8 Å². The van der Waals surface area contributed by atoms with Gasteiger partial charge in [-0.2, -0.15) is 0 Å². The minimum atomic E-state index is -0.746. The number of thiophene rings is 1. The van der Waals surface area contributed by atoms with Crippen molar-refractivity contribution in [2.24, 2.45) is 0 Å². The van der Waals surface area contributed by atoms with E-state index in [2.05, 4.69) is 0 Å². The fourth-order valence-corrected chi connectivity index (χ4v) is 8.39. The normalized spacial score (nSPS) is 17.5. The highest BCUT2D eigenvalue weighted by Crippen LogP contribution is 2.43. The third kappa shape index (κ3) is 5.03. The molecule has 0 atom stereocenters. The summed E-state index contributed by atoms with van der Waals surface area (Å²) in [6.45, 7) is 0. The Labute approximate surface area is 366 Å². The number of hydrogen-bond acceptors (Lipinski definition) is 1. The van der Waals surface area contributed by atoms with Gasteiger partial charge < -0.3 is 9.13 Å². The van der Waals surface area contributed by atoms with E-state index < -0.39 is 120 Å². The zero-order valence-corrected chi connectivity index (χ0v) is 30.0. The van der Waals surface area contributed by atoms with E-state index in [1.165, 1.54) is 41.0 Å². The molecule has 2 nitrogen and oxygen atoms in total. The molecule has 12 aromatic rings. The Morgan fingerprint density at radius 1 is 0.351 bits per heavy atom. The van der Waals surface area contributed by atoms with Gasteiger partial charge in [0.1, 0.15) is 0 Å². The summed E-state index contributed by atoms with van der Waals surface area (Å²) in [7, 11) is 0. The smallest absolute Gasteiger partial charge is 0.0660 e. The van der Waals surface area contributed by atoms with E-state index in [1.54, 1.807) is 30.3 Å². The van der Waals surface area contributed by atoms with E-state index in [0.717, 1.165) is 4.57 Å². The molecule has 3 aromatic heterocycles. The third-order valence-corrected chi connectivity index (χ3v) is 10.9. The van der Waals surface area contributed by atoms with Crippen LogP contribution in [-0.4, -0.2) is 9.13 Å². The molecule has 0 aliphatic rings. The lowest BCUT2D eigenvalue weighted by Crippen LogP contribution is -1.93. The van der Waals surface area contributed by atoms with Gasteiger partial charge in [-0.3, -0.25) is 0 Å². The minimum absolute atomic E-state index is 0.00876. The molecule has 3 heterocycles. The molecule has 0 N–H and O–H groups in total. The average Bonchev–Trinajstić information content (AvgIpc) is 2.21. The highest BCUT2D eigenvalue weighted by Gasteiger charge is 2.19. The van der Waals surface area contributed by atoms with E-state index in [9.17, 15) is 15.1 Å². The molecule has 0 bridgehead atoms. The molecular formula is C54H34N2S. The van der Waals surface area contributed by atoms with Gasteiger partial charge in [-0.15, -0.1) is 11.3 Å². The van der Waals surface area contributed by atoms with Gasteiger partial charge in [0.15, 0.2) is 0 Å². The van der Waals surface area contributed by atoms with Crippen molar-refractivity contribution >= 4 is 75.1 Å². The monoisotopic (exact) mass is 765 g/mol. The molecule has 0 fully saturated rings. The largest absolute Gasteiger partial charge is 0.309 e. The minimum Gasteiger partial charge on any atom is -0.309 e. The summed E-state index contributed by atoms with van der Waals surface area (Å²) in [5.41, 5.74) is -1.76. The molecule has 9 aromatic carbocycles. The van der Waals surface area contributed by atoms with Crippen molar-refractivity contribution in [2.75, 3.05) is 0 Å². The molecule has 3 heteroatoms. The summed E-state index contributed by atoms with van der Waals surface area (Å²) in [6.07, 6.45) is 0. The fraction of sp³-hybridized carbons (Fsp3) is 0. The predicted octanol–water partition coefficient (Wildman–Crippen LogP) is 15.2. The number of aromatic nitrogens is 2. The summed E-state index contributed by atoms with van der Waals surface area (Å²) in [5, 5.41) is -0.577. The van der Waals surface area contributed by atoms with Gasteiger partial charge in [-0.05, 0) is 93.9 Å². The zero-order chi connectivity index (χ0) is 57.5. The van der Waals surface area contributed by atoms with Crippen LogP contribution in [0, 0.1) is 0 Å². The van der Waals surface area contributed by atoms with Crippen molar-refractivity contribution in [3.05, 3.63) is 206 Å². The maximum Gasteiger partial charge on any atom is 0.0660 e. The Kier molecular flexibility index (Phi) is 3.75. The third-order valence-electron chi connectivity index (χ3n) is 9.91. The molecule has 0 saturated carbocycles. The lowest BCUT2D eigenvalue weighted by atomic mass is 9.98. The molecule has 0 unspecified atom stereocenters. The van der Waals surface area contributed by atoms with Crippen LogP contribution in [0.25, 0.3) is 109 Å². The molecule has 0 spiro atoms. The predicted molar refractivity (Wildman–Crippen MR) is 244 cm³/mol. The first-order valence-corrected chi connectivity index (χ1v) is 18.4. The number of para-hydroxylation sites is 3. The molecular weight excluding hydrogens is 709 g/mol. The summed E-state index contributed by atoms with van der Waals surface area (Å²) >= 11 is 0.690. The van der Waals surface area contributed by atoms with Gasteiger partial charge >= 0.3 is 0 Å². The molecule has 0 radical (unpaired) electrons. The summed E-state index contributed by atoms with van der Waals surface area (Å²) in [6, 6.07) is 3.85. The molecule has 0 aliphatic carbocycles. The Bertz CT molecular complexity index is 4820. The Morgan fingerprint density at radius 3 is 1.88 bits per heavy atom. The van der Waals surface area contributed by atoms with E-state index in [-0.39, 0.29) is 122 Å². The van der Waals surface area contributed by atoms with Crippen LogP contribution in [0.1, 0.15) is 31.5 Å². The van der Waals surface area contributed by atoms with Gasteiger partial charge in [-0.25, -0.2) is 0 Å². The van der Waals surface area contributed by atoms with E-state index in [1.807, 2.05) is 0 Å². The standard InChI is InChI=1S/C54H34N2S/c1-3-12-35(13-4-1)36-22-24-37(25-23-36)38-26-29-44-45-30-28-41(34-53(45)57-52(44)33-38)56-48-19-9-7-16-43(48)47-32-39(27-31-50(47)56)42-18-11-21-51-54(42)46-17-8-10-20-49(46)55(51)40-14-5-2-6-15-40/h1-34H/i3D,4D,7D,8D,9D,10D,11D,16D,19D,20D,21D,22D,23D,24D,25D,26D,27D,28D,29D,30D,32D,33D,34D. The molecule has 0 aliphatic heterocycles. The van der Waals surface area contributed by atoms with Crippen LogP contribution < -0.4 is 0 Å². The molecule has 0 saturated heterocycles. The van der Waals surface area contributed by atoms with Crippen molar-refractivity contribution in [1.29, 1.82) is 0 Å². The number of fused-ring (bicyclic) bond motifs is 9. The van der Waals surface area contributed by atoms with Gasteiger partial charge in [0.2, 0.25) is 0 Å². The number of rotatable bonds is 5. The number of nitrogens with zero attached hydrogens (tertiary/aromatic N) is 2. The highest BCUT2D eigenvalue weighted by atomic mass is 32.1. The van der Waals surface area contributed by atoms with Gasteiger partial charge in [-0.1, -0.05) is 145 Å². The van der Waals surface area contributed by atoms with Gasteiger partial charge in [0, 0.05) is 53.1 Å². The maximum atomic E-state index is 10.0. The Morgan fingerprint density at radius 2 is 1.04 bits per heavy atom. The summed E-state index contributed by atoms with van der Waals surface area (Å²) in [5.74, 6) is 0. The first-order valence-electron chi connectivity index (χ1n) is 29.1. The second-order valence-electron chi connectivity index (χ2n) is 13.1. The van der Waals surface area contributed by atoms with E-state index in [0.29, 0.717) is 17.0 Å². The van der Waals surface area contributed by atoms with Crippen LogP contribution in [0.4, 0.5) is 0 Å². The van der Waals surface area contributed by atoms with Crippen LogP contribution in [0.3, 0.4) is 0 Å². The molecule has 57 heavy (non-hydrogen) atoms. The molecule has 266 valence electrons. The zero-order valence-electron chi connectivity index (χ0n) is 52.2. The van der Waals surface area contributed by atoms with Crippen LogP contribution in [0.15, 0.2) is 206 Å². The SMILES string of the molecule is [2H]c1cc([2H])cc(-c2c([2H])c([2H])c(-c3c([2H])c([2H])c4c(sc5c([2H])c(-n6c7cc([2H])c(-c8cc([2H])c([2H])c9c8c8cc([2H])c([2H])c([2H])c8n9-c8ccccc8)c([2H])c7c7c([2H])c([2H])c([2H])c([2H])c76)c([2H])c([2H])c54)c3[2H])c([2H])c2[2H])c1. The second-order valence-corrected chi connectivity index (χ2v) is 14.1. The van der Waals surface area contributed by atoms with Crippen molar-refractivity contribution < 1.29 is 31.5 Å². The van der Waals surface area contributed by atoms with Crippen molar-refractivity contribution in [2.45, 2.75) is 0 Å². The number of hydrogen-bond donors (Lipinski definition) is 0. The highest BCUT2D eigenvalue weighted by molar-refractivity contribution is 7.25. The Hall–Kier alpha value is -7.20. The van der Waals surface area contributed by atoms with Crippen molar-refractivity contribution in [3.63, 3.8) is 0 Å². The van der Waals surface area contributed by atoms with Crippen LogP contribution in [0.5, 0.6) is 0 Å². The van der Waals surface area contributed by atoms with Crippen LogP contribution in [-0.2, 0) is 0 Å². The fourth-order valence-electron chi connectivity index (χ4n) is 7.38. The first-order chi connectivity index (χ1) is 37.8. The van der Waals surface area contributed by atoms with Crippen molar-refractivity contribution in [1.82, 2.24) is 9.13 Å². The maximum absolute atomic E-state index is 10.0. The lowest BCUT2D eigenvalue weighted by Gasteiger charge is -2.10. The topological polar surface area (TPSA) is 9.86 Å². The summed E-state index contributed by atoms with van der Waals surface area (Å²) in [4.78, 5) is 0. The summed E-state index contributed by atoms with van der Waals surface area (Å²) < 4.78 is 212. The van der Waals surface area contributed by atoms with Gasteiger partial charge in [0.05, 0.1) is 53.6 Å². The molecule has 12 rings (SSSR count). The number of benzene rings is 9.